The van der Waals surface area contributed by atoms with Crippen LogP contribution in [0.25, 0.3) is 10.9 Å². The Hall–Kier alpha value is -2.10. The van der Waals surface area contributed by atoms with Gasteiger partial charge in [-0.25, -0.2) is 4.99 Å². The van der Waals surface area contributed by atoms with Crippen molar-refractivity contribution in [3.05, 3.63) is 36.0 Å². The third-order valence-electron chi connectivity index (χ3n) is 2.25. The Morgan fingerprint density at radius 3 is 2.80 bits per heavy atom. The van der Waals surface area contributed by atoms with Crippen LogP contribution in [0.2, 0.25) is 0 Å². The molecule has 0 radical (unpaired) electrons. The predicted octanol–water partition coefficient (Wildman–Crippen LogP) is 1.45. The lowest BCUT2D eigenvalue weighted by Gasteiger charge is -2.04. The topological polar surface area (TPSA) is 77.3 Å². The number of rotatable bonds is 1. The largest absolute Gasteiger partial charge is 0.370 e. The second-order valence-corrected chi connectivity index (χ2v) is 3.32. The lowest BCUT2D eigenvalue weighted by atomic mass is 10.1. The highest BCUT2D eigenvalue weighted by molar-refractivity contribution is 5.88. The van der Waals surface area contributed by atoms with Gasteiger partial charge in [-0.1, -0.05) is 12.1 Å². The number of aryl methyl sites for hydroxylation is 1. The Bertz CT molecular complexity index is 527. The molecule has 0 spiro atoms. The van der Waals surface area contributed by atoms with Crippen molar-refractivity contribution in [1.29, 1.82) is 0 Å². The summed E-state index contributed by atoms with van der Waals surface area (Å²) in [6, 6.07) is 7.76. The van der Waals surface area contributed by atoms with E-state index in [2.05, 4.69) is 9.98 Å². The highest BCUT2D eigenvalue weighted by atomic mass is 15.0. The summed E-state index contributed by atoms with van der Waals surface area (Å²) in [6.45, 7) is 1.96. The van der Waals surface area contributed by atoms with Gasteiger partial charge in [0.1, 0.15) is 0 Å². The average Bonchev–Trinajstić information content (AvgIpc) is 2.22. The maximum atomic E-state index is 5.34. The van der Waals surface area contributed by atoms with Gasteiger partial charge in [0, 0.05) is 17.1 Å². The van der Waals surface area contributed by atoms with E-state index in [0.29, 0.717) is 0 Å². The van der Waals surface area contributed by atoms with Gasteiger partial charge in [0.25, 0.3) is 0 Å². The van der Waals surface area contributed by atoms with Crippen molar-refractivity contribution in [2.45, 2.75) is 6.92 Å². The van der Waals surface area contributed by atoms with Crippen LogP contribution in [0.4, 0.5) is 5.69 Å². The Morgan fingerprint density at radius 1 is 1.27 bits per heavy atom. The number of hydrogen-bond acceptors (Lipinski definition) is 2. The highest BCUT2D eigenvalue weighted by Crippen LogP contribution is 2.25. The Balaban J connectivity index is 2.70. The first-order chi connectivity index (χ1) is 7.18. The summed E-state index contributed by atoms with van der Waals surface area (Å²) >= 11 is 0. The molecule has 15 heavy (non-hydrogen) atoms. The van der Waals surface area contributed by atoms with Crippen LogP contribution in [0, 0.1) is 6.92 Å². The minimum atomic E-state index is 0.0633. The van der Waals surface area contributed by atoms with Gasteiger partial charge in [-0.2, -0.15) is 0 Å². The van der Waals surface area contributed by atoms with E-state index < -0.39 is 0 Å². The van der Waals surface area contributed by atoms with E-state index in [1.165, 1.54) is 0 Å². The molecule has 0 atom stereocenters. The number of aromatic nitrogens is 1. The van der Waals surface area contributed by atoms with E-state index in [1.54, 1.807) is 6.20 Å². The Labute approximate surface area is 87.6 Å². The molecule has 4 heteroatoms. The molecular formula is C11H12N4. The zero-order valence-corrected chi connectivity index (χ0v) is 8.44. The summed E-state index contributed by atoms with van der Waals surface area (Å²) in [5, 5.41) is 1.09. The quantitative estimate of drug-likeness (QED) is 0.540. The van der Waals surface area contributed by atoms with Crippen molar-refractivity contribution >= 4 is 22.5 Å². The molecule has 0 aliphatic rings. The van der Waals surface area contributed by atoms with Crippen LogP contribution in [-0.2, 0) is 0 Å². The predicted molar refractivity (Wildman–Crippen MR) is 61.9 cm³/mol. The second kappa shape index (κ2) is 3.57. The summed E-state index contributed by atoms with van der Waals surface area (Å²) in [4.78, 5) is 8.34. The average molecular weight is 200 g/mol. The van der Waals surface area contributed by atoms with Crippen molar-refractivity contribution in [2.75, 3.05) is 0 Å². The molecule has 4 nitrogen and oxygen atoms in total. The van der Waals surface area contributed by atoms with Gasteiger partial charge in [0.15, 0.2) is 5.96 Å². The lowest BCUT2D eigenvalue weighted by Crippen LogP contribution is -2.22. The van der Waals surface area contributed by atoms with E-state index >= 15 is 0 Å². The standard InChI is InChI=1S/C11H12N4/c1-7-9(15-11(12)13)5-4-8-3-2-6-14-10(7)8/h2-6H,1H3,(H4,12,13,15). The number of guanidine groups is 1. The Morgan fingerprint density at radius 2 is 2.07 bits per heavy atom. The Kier molecular flexibility index (Phi) is 2.25. The van der Waals surface area contributed by atoms with Crippen LogP contribution in [0.1, 0.15) is 5.56 Å². The molecule has 0 unspecified atom stereocenters. The molecule has 0 bridgehead atoms. The molecule has 4 N–H and O–H groups in total. The molecule has 0 aliphatic carbocycles. The maximum absolute atomic E-state index is 5.34. The fourth-order valence-corrected chi connectivity index (χ4v) is 1.54. The van der Waals surface area contributed by atoms with Crippen molar-refractivity contribution in [2.24, 2.45) is 16.5 Å². The van der Waals surface area contributed by atoms with Crippen molar-refractivity contribution < 1.29 is 0 Å². The minimum Gasteiger partial charge on any atom is -0.370 e. The van der Waals surface area contributed by atoms with Gasteiger partial charge < -0.3 is 11.5 Å². The number of aliphatic imine (C=N–C) groups is 1. The van der Waals surface area contributed by atoms with Crippen LogP contribution < -0.4 is 11.5 Å². The first-order valence-corrected chi connectivity index (χ1v) is 4.62. The third kappa shape index (κ3) is 1.74. The van der Waals surface area contributed by atoms with Gasteiger partial charge in [0.05, 0.1) is 11.2 Å². The second-order valence-electron chi connectivity index (χ2n) is 3.32. The van der Waals surface area contributed by atoms with Gasteiger partial charge in [0.2, 0.25) is 0 Å². The summed E-state index contributed by atoms with van der Waals surface area (Å²) in [5.41, 5.74) is 13.4. The molecule has 1 aromatic heterocycles. The molecule has 0 amide bonds. The number of pyridine rings is 1. The molecule has 0 aliphatic heterocycles. The summed E-state index contributed by atoms with van der Waals surface area (Å²) in [6.07, 6.45) is 1.76. The number of benzene rings is 1. The monoisotopic (exact) mass is 200 g/mol. The van der Waals surface area contributed by atoms with E-state index in [9.17, 15) is 0 Å². The number of nitrogens with zero attached hydrogens (tertiary/aromatic N) is 2. The SMILES string of the molecule is Cc1c(N=C(N)N)ccc2cccnc12. The fraction of sp³-hybridized carbons (Fsp3) is 0.0909. The van der Waals surface area contributed by atoms with E-state index in [1.807, 2.05) is 31.2 Å². The fourth-order valence-electron chi connectivity index (χ4n) is 1.54. The molecule has 76 valence electrons. The van der Waals surface area contributed by atoms with Crippen molar-refractivity contribution in [3.8, 4) is 0 Å². The smallest absolute Gasteiger partial charge is 0.191 e. The van der Waals surface area contributed by atoms with E-state index in [0.717, 1.165) is 22.2 Å². The first-order valence-electron chi connectivity index (χ1n) is 4.62. The maximum Gasteiger partial charge on any atom is 0.191 e. The molecule has 2 rings (SSSR count). The lowest BCUT2D eigenvalue weighted by molar-refractivity contribution is 1.33. The molecule has 1 heterocycles. The van der Waals surface area contributed by atoms with E-state index in [-0.39, 0.29) is 5.96 Å². The molecule has 1 aromatic carbocycles. The zero-order valence-electron chi connectivity index (χ0n) is 8.44. The molecule has 0 saturated heterocycles. The van der Waals surface area contributed by atoms with Crippen LogP contribution in [0.15, 0.2) is 35.5 Å². The van der Waals surface area contributed by atoms with Crippen LogP contribution in [-0.4, -0.2) is 10.9 Å². The van der Waals surface area contributed by atoms with Gasteiger partial charge in [-0.3, -0.25) is 4.98 Å². The van der Waals surface area contributed by atoms with Crippen LogP contribution >= 0.6 is 0 Å². The van der Waals surface area contributed by atoms with Gasteiger partial charge in [-0.15, -0.1) is 0 Å². The number of fused-ring (bicyclic) bond motifs is 1. The van der Waals surface area contributed by atoms with Crippen LogP contribution in [0.5, 0.6) is 0 Å². The summed E-state index contributed by atoms with van der Waals surface area (Å²) in [7, 11) is 0. The van der Waals surface area contributed by atoms with Crippen molar-refractivity contribution in [3.63, 3.8) is 0 Å². The molecular weight excluding hydrogens is 188 g/mol. The third-order valence-corrected chi connectivity index (χ3v) is 2.25. The van der Waals surface area contributed by atoms with Gasteiger partial charge in [-0.05, 0) is 19.1 Å². The normalized spacial score (nSPS) is 10.2. The molecule has 2 aromatic rings. The summed E-state index contributed by atoms with van der Waals surface area (Å²) < 4.78 is 0. The number of hydrogen-bond donors (Lipinski definition) is 2. The van der Waals surface area contributed by atoms with Gasteiger partial charge >= 0.3 is 0 Å². The van der Waals surface area contributed by atoms with E-state index in [4.69, 9.17) is 11.5 Å². The molecule has 0 fully saturated rings. The van der Waals surface area contributed by atoms with Crippen molar-refractivity contribution in [1.82, 2.24) is 4.98 Å². The number of nitrogens with two attached hydrogens (primary N) is 2. The highest BCUT2D eigenvalue weighted by Gasteiger charge is 2.02. The first kappa shape index (κ1) is 9.45. The summed E-state index contributed by atoms with van der Waals surface area (Å²) in [5.74, 6) is 0.0633. The molecule has 0 saturated carbocycles. The van der Waals surface area contributed by atoms with Crippen LogP contribution in [0.3, 0.4) is 0 Å². The zero-order chi connectivity index (χ0) is 10.8. The minimum absolute atomic E-state index is 0.0633.